The topological polar surface area (TPSA) is 56.7 Å². The van der Waals surface area contributed by atoms with Gasteiger partial charge in [-0.25, -0.2) is 4.68 Å². The molecule has 0 aliphatic heterocycles. The van der Waals surface area contributed by atoms with E-state index < -0.39 is 0 Å². The number of para-hydroxylation sites is 1. The molecule has 0 radical (unpaired) electrons. The van der Waals surface area contributed by atoms with Gasteiger partial charge in [-0.2, -0.15) is 0 Å². The third-order valence-electron chi connectivity index (χ3n) is 2.59. The van der Waals surface area contributed by atoms with Crippen molar-refractivity contribution in [3.8, 4) is 5.69 Å². The van der Waals surface area contributed by atoms with E-state index in [-0.39, 0.29) is 0 Å². The van der Waals surface area contributed by atoms with Crippen molar-refractivity contribution in [2.75, 3.05) is 12.0 Å². The zero-order chi connectivity index (χ0) is 12.3. The molecule has 0 amide bonds. The standard InChI is InChI=1S/C12H16N4S/c1-3-6-10-12(13)14-15-16(10)9-7-4-5-8-11(9)17-2/h4-5,7-8H,3,6,13H2,1-2H3. The third kappa shape index (κ3) is 2.29. The van der Waals surface area contributed by atoms with Crippen molar-refractivity contribution in [2.24, 2.45) is 0 Å². The second kappa shape index (κ2) is 5.23. The minimum atomic E-state index is 0.530. The molecule has 0 bridgehead atoms. The van der Waals surface area contributed by atoms with Crippen LogP contribution in [0.1, 0.15) is 19.0 Å². The van der Waals surface area contributed by atoms with Gasteiger partial charge in [0.1, 0.15) is 0 Å². The van der Waals surface area contributed by atoms with Crippen LogP contribution < -0.4 is 5.73 Å². The maximum absolute atomic E-state index is 5.86. The summed E-state index contributed by atoms with van der Waals surface area (Å²) in [6.07, 6.45) is 3.97. The zero-order valence-electron chi connectivity index (χ0n) is 10.1. The van der Waals surface area contributed by atoms with E-state index in [1.54, 1.807) is 11.8 Å². The quantitative estimate of drug-likeness (QED) is 0.845. The highest BCUT2D eigenvalue weighted by atomic mass is 32.2. The van der Waals surface area contributed by atoms with Gasteiger partial charge in [0, 0.05) is 4.90 Å². The number of nitrogens with zero attached hydrogens (tertiary/aromatic N) is 3. The SMILES string of the molecule is CCCc1c(N)nnn1-c1ccccc1SC. The monoisotopic (exact) mass is 248 g/mol. The number of benzene rings is 1. The summed E-state index contributed by atoms with van der Waals surface area (Å²) in [5, 5.41) is 8.11. The predicted molar refractivity (Wildman–Crippen MR) is 71.5 cm³/mol. The number of thioether (sulfide) groups is 1. The van der Waals surface area contributed by atoms with Gasteiger partial charge < -0.3 is 5.73 Å². The Kier molecular flexibility index (Phi) is 3.68. The average molecular weight is 248 g/mol. The van der Waals surface area contributed by atoms with E-state index in [0.29, 0.717) is 5.82 Å². The van der Waals surface area contributed by atoms with Gasteiger partial charge in [-0.1, -0.05) is 30.7 Å². The predicted octanol–water partition coefficient (Wildman–Crippen LogP) is 2.52. The lowest BCUT2D eigenvalue weighted by Gasteiger charge is -2.09. The maximum Gasteiger partial charge on any atom is 0.169 e. The highest BCUT2D eigenvalue weighted by Crippen LogP contribution is 2.25. The molecule has 0 atom stereocenters. The van der Waals surface area contributed by atoms with Gasteiger partial charge >= 0.3 is 0 Å². The van der Waals surface area contributed by atoms with Crippen LogP contribution in [0, 0.1) is 0 Å². The molecule has 90 valence electrons. The molecule has 1 aromatic carbocycles. The molecule has 0 saturated carbocycles. The summed E-state index contributed by atoms with van der Waals surface area (Å²) >= 11 is 1.70. The van der Waals surface area contributed by atoms with Crippen LogP contribution in [-0.2, 0) is 6.42 Å². The van der Waals surface area contributed by atoms with Crippen molar-refractivity contribution >= 4 is 17.6 Å². The first-order valence-electron chi connectivity index (χ1n) is 5.61. The Bertz CT molecular complexity index is 507. The summed E-state index contributed by atoms with van der Waals surface area (Å²) in [5.74, 6) is 0.530. The Labute approximate surface area is 105 Å². The van der Waals surface area contributed by atoms with Crippen LogP contribution >= 0.6 is 11.8 Å². The fourth-order valence-electron chi connectivity index (χ4n) is 1.78. The molecule has 17 heavy (non-hydrogen) atoms. The molecule has 4 nitrogen and oxygen atoms in total. The fourth-order valence-corrected chi connectivity index (χ4v) is 2.36. The Hall–Kier alpha value is -1.49. The van der Waals surface area contributed by atoms with Crippen LogP contribution in [0.25, 0.3) is 5.69 Å². The lowest BCUT2D eigenvalue weighted by molar-refractivity contribution is 0.736. The van der Waals surface area contributed by atoms with Gasteiger partial charge in [0.05, 0.1) is 11.4 Å². The molecule has 1 aromatic heterocycles. The van der Waals surface area contributed by atoms with Gasteiger partial charge in [-0.05, 0) is 24.8 Å². The molecule has 0 fully saturated rings. The Balaban J connectivity index is 2.52. The first-order chi connectivity index (χ1) is 8.27. The smallest absolute Gasteiger partial charge is 0.169 e. The second-order valence-corrected chi connectivity index (χ2v) is 4.60. The van der Waals surface area contributed by atoms with E-state index in [9.17, 15) is 0 Å². The lowest BCUT2D eigenvalue weighted by atomic mass is 10.2. The van der Waals surface area contributed by atoms with Gasteiger partial charge in [0.2, 0.25) is 0 Å². The number of rotatable bonds is 4. The fraction of sp³-hybridized carbons (Fsp3) is 0.333. The van der Waals surface area contributed by atoms with E-state index >= 15 is 0 Å². The summed E-state index contributed by atoms with van der Waals surface area (Å²) in [6, 6.07) is 8.14. The minimum absolute atomic E-state index is 0.530. The van der Waals surface area contributed by atoms with Gasteiger partial charge in [-0.15, -0.1) is 16.9 Å². The number of aromatic nitrogens is 3. The van der Waals surface area contributed by atoms with Crippen molar-refractivity contribution in [2.45, 2.75) is 24.7 Å². The normalized spacial score (nSPS) is 10.7. The molecule has 0 saturated heterocycles. The molecule has 2 rings (SSSR count). The number of hydrogen-bond acceptors (Lipinski definition) is 4. The molecule has 0 spiro atoms. The van der Waals surface area contributed by atoms with E-state index in [4.69, 9.17) is 5.73 Å². The highest BCUT2D eigenvalue weighted by molar-refractivity contribution is 7.98. The number of nitrogen functional groups attached to an aromatic ring is 1. The first kappa shape index (κ1) is 12.0. The molecule has 2 aromatic rings. The Morgan fingerprint density at radius 2 is 2.12 bits per heavy atom. The van der Waals surface area contributed by atoms with Crippen LogP contribution in [-0.4, -0.2) is 21.2 Å². The van der Waals surface area contributed by atoms with E-state index in [1.807, 2.05) is 22.9 Å². The highest BCUT2D eigenvalue weighted by Gasteiger charge is 2.13. The molecule has 5 heteroatoms. The summed E-state index contributed by atoms with van der Waals surface area (Å²) in [6.45, 7) is 2.12. The van der Waals surface area contributed by atoms with Gasteiger partial charge in [0.25, 0.3) is 0 Å². The molecular formula is C12H16N4S. The summed E-state index contributed by atoms with van der Waals surface area (Å²) in [5.41, 5.74) is 7.90. The first-order valence-corrected chi connectivity index (χ1v) is 6.83. The molecule has 1 heterocycles. The van der Waals surface area contributed by atoms with Crippen molar-refractivity contribution < 1.29 is 0 Å². The summed E-state index contributed by atoms with van der Waals surface area (Å²) < 4.78 is 1.85. The molecule has 0 aliphatic carbocycles. The van der Waals surface area contributed by atoms with Crippen LogP contribution in [0.3, 0.4) is 0 Å². The number of hydrogen-bond donors (Lipinski definition) is 1. The lowest BCUT2D eigenvalue weighted by Crippen LogP contribution is -2.04. The maximum atomic E-state index is 5.86. The number of nitrogens with two attached hydrogens (primary N) is 1. The van der Waals surface area contributed by atoms with Crippen LogP contribution in [0.15, 0.2) is 29.2 Å². The van der Waals surface area contributed by atoms with E-state index in [0.717, 1.165) is 24.2 Å². The Morgan fingerprint density at radius 3 is 2.82 bits per heavy atom. The van der Waals surface area contributed by atoms with Crippen LogP contribution in [0.2, 0.25) is 0 Å². The van der Waals surface area contributed by atoms with Gasteiger partial charge in [0.15, 0.2) is 5.82 Å². The Morgan fingerprint density at radius 1 is 1.35 bits per heavy atom. The van der Waals surface area contributed by atoms with Crippen molar-refractivity contribution in [1.82, 2.24) is 15.0 Å². The van der Waals surface area contributed by atoms with E-state index in [1.165, 1.54) is 4.90 Å². The molecule has 0 unspecified atom stereocenters. The molecular weight excluding hydrogens is 232 g/mol. The van der Waals surface area contributed by atoms with Crippen molar-refractivity contribution in [3.05, 3.63) is 30.0 Å². The second-order valence-electron chi connectivity index (χ2n) is 3.76. The zero-order valence-corrected chi connectivity index (χ0v) is 10.9. The molecule has 0 aliphatic rings. The average Bonchev–Trinajstić information content (AvgIpc) is 2.72. The summed E-state index contributed by atoms with van der Waals surface area (Å²) in [7, 11) is 0. The van der Waals surface area contributed by atoms with E-state index in [2.05, 4.69) is 29.6 Å². The van der Waals surface area contributed by atoms with Crippen LogP contribution in [0.5, 0.6) is 0 Å². The third-order valence-corrected chi connectivity index (χ3v) is 3.38. The van der Waals surface area contributed by atoms with Crippen molar-refractivity contribution in [1.29, 1.82) is 0 Å². The molecule has 2 N–H and O–H groups in total. The van der Waals surface area contributed by atoms with Gasteiger partial charge in [-0.3, -0.25) is 0 Å². The minimum Gasteiger partial charge on any atom is -0.381 e. The summed E-state index contributed by atoms with van der Waals surface area (Å²) in [4.78, 5) is 1.18. The van der Waals surface area contributed by atoms with Crippen LogP contribution in [0.4, 0.5) is 5.82 Å². The number of anilines is 1. The largest absolute Gasteiger partial charge is 0.381 e. The van der Waals surface area contributed by atoms with Crippen molar-refractivity contribution in [3.63, 3.8) is 0 Å².